The molecule has 0 aliphatic heterocycles. The summed E-state index contributed by atoms with van der Waals surface area (Å²) in [6.07, 6.45) is 0. The molecule has 2 rings (SSSR count). The van der Waals surface area contributed by atoms with Crippen molar-refractivity contribution in [1.82, 2.24) is 5.32 Å². The highest BCUT2D eigenvalue weighted by atomic mass is 16.5. The van der Waals surface area contributed by atoms with Gasteiger partial charge in [0, 0.05) is 0 Å². The van der Waals surface area contributed by atoms with Crippen molar-refractivity contribution < 1.29 is 9.53 Å². The first kappa shape index (κ1) is 14.8. The van der Waals surface area contributed by atoms with Crippen molar-refractivity contribution in [3.05, 3.63) is 71.8 Å². The van der Waals surface area contributed by atoms with Gasteiger partial charge in [-0.25, -0.2) is 0 Å². The molecule has 4 nitrogen and oxygen atoms in total. The average Bonchev–Trinajstić information content (AvgIpc) is 2.55. The first-order chi connectivity index (χ1) is 10.3. The lowest BCUT2D eigenvalue weighted by atomic mass is 10.1. The third kappa shape index (κ3) is 4.75. The number of ether oxygens (including phenoxy) is 1. The summed E-state index contributed by atoms with van der Waals surface area (Å²) in [7, 11) is 0. The molecule has 0 saturated heterocycles. The Balaban J connectivity index is 1.79. The van der Waals surface area contributed by atoms with E-state index in [2.05, 4.69) is 11.4 Å². The zero-order chi connectivity index (χ0) is 14.9. The predicted octanol–water partition coefficient (Wildman–Crippen LogP) is 2.58. The van der Waals surface area contributed by atoms with Crippen molar-refractivity contribution in [1.29, 1.82) is 5.26 Å². The van der Waals surface area contributed by atoms with Gasteiger partial charge in [-0.3, -0.25) is 10.1 Å². The second-order valence-corrected chi connectivity index (χ2v) is 4.50. The van der Waals surface area contributed by atoms with Gasteiger partial charge in [-0.1, -0.05) is 60.7 Å². The normalized spacial score (nSPS) is 11.4. The lowest BCUT2D eigenvalue weighted by molar-refractivity contribution is -0.143. The number of hydrogen-bond acceptors (Lipinski definition) is 4. The maximum absolute atomic E-state index is 11.7. The summed E-state index contributed by atoms with van der Waals surface area (Å²) in [5, 5.41) is 12.0. The van der Waals surface area contributed by atoms with Crippen LogP contribution in [0, 0.1) is 11.3 Å². The second kappa shape index (κ2) is 7.83. The van der Waals surface area contributed by atoms with Gasteiger partial charge >= 0.3 is 5.97 Å². The highest BCUT2D eigenvalue weighted by Crippen LogP contribution is 2.10. The Labute approximate surface area is 124 Å². The number of carbonyl (C=O) groups is 1. The number of nitrogens with one attached hydrogen (secondary N) is 1. The van der Waals surface area contributed by atoms with Crippen molar-refractivity contribution in [3.63, 3.8) is 0 Å². The number of rotatable bonds is 6. The number of esters is 1. The molecular formula is C17H16N2O2. The zero-order valence-electron chi connectivity index (χ0n) is 11.5. The van der Waals surface area contributed by atoms with Gasteiger partial charge in [-0.15, -0.1) is 0 Å². The van der Waals surface area contributed by atoms with Gasteiger partial charge in [0.05, 0.1) is 12.6 Å². The molecule has 106 valence electrons. The first-order valence-corrected chi connectivity index (χ1v) is 6.67. The summed E-state index contributed by atoms with van der Waals surface area (Å²) in [5.74, 6) is -0.380. The Morgan fingerprint density at radius 1 is 1.10 bits per heavy atom. The van der Waals surface area contributed by atoms with E-state index < -0.39 is 6.04 Å². The fraction of sp³-hybridized carbons (Fsp3) is 0.176. The summed E-state index contributed by atoms with van der Waals surface area (Å²) >= 11 is 0. The third-order valence-electron chi connectivity index (χ3n) is 2.96. The van der Waals surface area contributed by atoms with E-state index in [1.807, 2.05) is 60.7 Å². The van der Waals surface area contributed by atoms with Crippen LogP contribution in [0.1, 0.15) is 17.2 Å². The van der Waals surface area contributed by atoms with Crippen LogP contribution in [0.25, 0.3) is 0 Å². The molecule has 1 N–H and O–H groups in total. The van der Waals surface area contributed by atoms with Crippen molar-refractivity contribution in [2.24, 2.45) is 0 Å². The highest BCUT2D eigenvalue weighted by molar-refractivity contribution is 5.71. The summed E-state index contributed by atoms with van der Waals surface area (Å²) in [5.41, 5.74) is 1.77. The van der Waals surface area contributed by atoms with E-state index in [0.29, 0.717) is 0 Å². The number of nitrogens with zero attached hydrogens (tertiary/aromatic N) is 1. The molecule has 0 fully saturated rings. The van der Waals surface area contributed by atoms with Crippen molar-refractivity contribution in [3.8, 4) is 6.07 Å². The first-order valence-electron chi connectivity index (χ1n) is 6.67. The minimum Gasteiger partial charge on any atom is -0.460 e. The van der Waals surface area contributed by atoms with Gasteiger partial charge in [-0.2, -0.15) is 5.26 Å². The molecule has 0 heterocycles. The number of hydrogen-bond donors (Lipinski definition) is 1. The van der Waals surface area contributed by atoms with Gasteiger partial charge in [0.1, 0.15) is 12.6 Å². The largest absolute Gasteiger partial charge is 0.460 e. The van der Waals surface area contributed by atoms with Crippen molar-refractivity contribution in [2.75, 3.05) is 6.54 Å². The number of benzene rings is 2. The number of nitriles is 1. The molecule has 0 spiro atoms. The average molecular weight is 280 g/mol. The summed E-state index contributed by atoms with van der Waals surface area (Å²) < 4.78 is 5.15. The summed E-state index contributed by atoms with van der Waals surface area (Å²) in [4.78, 5) is 11.7. The van der Waals surface area contributed by atoms with Crippen LogP contribution in [0.3, 0.4) is 0 Å². The zero-order valence-corrected chi connectivity index (χ0v) is 11.5. The molecule has 0 bridgehead atoms. The molecule has 0 aliphatic carbocycles. The molecule has 0 amide bonds. The molecule has 2 aromatic rings. The summed E-state index contributed by atoms with van der Waals surface area (Å²) in [6.45, 7) is 0.240. The van der Waals surface area contributed by atoms with Gasteiger partial charge in [0.15, 0.2) is 0 Å². The standard InChI is InChI=1S/C17H16N2O2/c18-11-16(15-9-5-2-6-10-15)19-12-17(20)21-13-14-7-3-1-4-8-14/h1-10,16,19H,12-13H2. The molecule has 0 aliphatic rings. The Morgan fingerprint density at radius 3 is 2.33 bits per heavy atom. The quantitative estimate of drug-likeness (QED) is 0.826. The molecule has 21 heavy (non-hydrogen) atoms. The second-order valence-electron chi connectivity index (χ2n) is 4.50. The Morgan fingerprint density at radius 2 is 1.71 bits per heavy atom. The van der Waals surface area contributed by atoms with Crippen LogP contribution in [0.4, 0.5) is 0 Å². The topological polar surface area (TPSA) is 62.1 Å². The van der Waals surface area contributed by atoms with E-state index in [-0.39, 0.29) is 19.1 Å². The smallest absolute Gasteiger partial charge is 0.320 e. The molecule has 0 radical (unpaired) electrons. The lowest BCUT2D eigenvalue weighted by Gasteiger charge is -2.11. The van der Waals surface area contributed by atoms with Gasteiger partial charge in [0.2, 0.25) is 0 Å². The monoisotopic (exact) mass is 280 g/mol. The van der Waals surface area contributed by atoms with Crippen LogP contribution < -0.4 is 5.32 Å². The van der Waals surface area contributed by atoms with E-state index in [1.54, 1.807) is 0 Å². The van der Waals surface area contributed by atoms with Gasteiger partial charge < -0.3 is 4.74 Å². The fourth-order valence-electron chi connectivity index (χ4n) is 1.86. The van der Waals surface area contributed by atoms with Crippen LogP contribution in [0.2, 0.25) is 0 Å². The molecule has 1 atom stereocenters. The SMILES string of the molecule is N#CC(NCC(=O)OCc1ccccc1)c1ccccc1. The Hall–Kier alpha value is -2.64. The maximum atomic E-state index is 11.7. The van der Waals surface area contributed by atoms with Crippen molar-refractivity contribution >= 4 is 5.97 Å². The molecular weight excluding hydrogens is 264 g/mol. The third-order valence-corrected chi connectivity index (χ3v) is 2.96. The molecule has 4 heteroatoms. The molecule has 1 unspecified atom stereocenters. The van der Waals surface area contributed by atoms with Gasteiger partial charge in [-0.05, 0) is 11.1 Å². The molecule has 0 aromatic heterocycles. The van der Waals surface area contributed by atoms with Crippen LogP contribution in [-0.2, 0) is 16.1 Å². The minimum atomic E-state index is -0.518. The highest BCUT2D eigenvalue weighted by Gasteiger charge is 2.12. The van der Waals surface area contributed by atoms with Gasteiger partial charge in [0.25, 0.3) is 0 Å². The van der Waals surface area contributed by atoms with E-state index in [4.69, 9.17) is 10.00 Å². The Bertz CT molecular complexity index is 606. The Kier molecular flexibility index (Phi) is 5.50. The van der Waals surface area contributed by atoms with E-state index in [9.17, 15) is 4.79 Å². The van der Waals surface area contributed by atoms with Crippen LogP contribution in [0.5, 0.6) is 0 Å². The number of carbonyl (C=O) groups excluding carboxylic acids is 1. The summed E-state index contributed by atoms with van der Waals surface area (Å²) in [6, 6.07) is 20.4. The molecule has 0 saturated carbocycles. The van der Waals surface area contributed by atoms with Crippen molar-refractivity contribution in [2.45, 2.75) is 12.6 Å². The lowest BCUT2D eigenvalue weighted by Crippen LogP contribution is -2.28. The maximum Gasteiger partial charge on any atom is 0.320 e. The predicted molar refractivity (Wildman–Crippen MR) is 79.0 cm³/mol. The van der Waals surface area contributed by atoms with E-state index in [1.165, 1.54) is 0 Å². The van der Waals surface area contributed by atoms with E-state index >= 15 is 0 Å². The van der Waals surface area contributed by atoms with Crippen LogP contribution >= 0.6 is 0 Å². The minimum absolute atomic E-state index is 0.0000451. The van der Waals surface area contributed by atoms with Crippen LogP contribution in [-0.4, -0.2) is 12.5 Å². The van der Waals surface area contributed by atoms with Crippen LogP contribution in [0.15, 0.2) is 60.7 Å². The van der Waals surface area contributed by atoms with E-state index in [0.717, 1.165) is 11.1 Å². The fourth-order valence-corrected chi connectivity index (χ4v) is 1.86. The molecule has 2 aromatic carbocycles.